The van der Waals surface area contributed by atoms with E-state index in [-0.39, 0.29) is 6.61 Å². The molecule has 7 heteroatoms. The minimum absolute atomic E-state index is 0.0209. The number of rotatable bonds is 5. The van der Waals surface area contributed by atoms with Crippen molar-refractivity contribution in [1.82, 2.24) is 10.9 Å². The molecular formula is C18H17N3O4. The summed E-state index contributed by atoms with van der Waals surface area (Å²) in [6, 6.07) is 10.4. The van der Waals surface area contributed by atoms with Gasteiger partial charge < -0.3 is 9.15 Å². The van der Waals surface area contributed by atoms with E-state index in [9.17, 15) is 9.59 Å². The van der Waals surface area contributed by atoms with Crippen LogP contribution in [0.5, 0.6) is 5.75 Å². The van der Waals surface area contributed by atoms with E-state index < -0.39 is 11.8 Å². The number of furan rings is 1. The van der Waals surface area contributed by atoms with Crippen LogP contribution < -0.4 is 15.6 Å². The SMILES string of the molecule is Cc1cc(C(=O)NNC(=O)/C=C/c2ccc(OCC#N)cc2)c(C)o1. The van der Waals surface area contributed by atoms with Crippen molar-refractivity contribution in [1.29, 1.82) is 5.26 Å². The van der Waals surface area contributed by atoms with Crippen LogP contribution in [-0.4, -0.2) is 18.4 Å². The van der Waals surface area contributed by atoms with Crippen LogP contribution >= 0.6 is 0 Å². The minimum Gasteiger partial charge on any atom is -0.479 e. The Balaban J connectivity index is 1.85. The molecule has 0 spiro atoms. The fourth-order valence-electron chi connectivity index (χ4n) is 2.05. The highest BCUT2D eigenvalue weighted by atomic mass is 16.5. The van der Waals surface area contributed by atoms with Crippen LogP contribution in [0.3, 0.4) is 0 Å². The van der Waals surface area contributed by atoms with Crippen LogP contribution in [0.15, 0.2) is 40.8 Å². The summed E-state index contributed by atoms with van der Waals surface area (Å²) in [5, 5.41) is 8.44. The molecule has 7 nitrogen and oxygen atoms in total. The number of ether oxygens (including phenoxy) is 1. The first-order valence-electron chi connectivity index (χ1n) is 7.45. The molecule has 25 heavy (non-hydrogen) atoms. The Morgan fingerprint density at radius 2 is 1.96 bits per heavy atom. The highest BCUT2D eigenvalue weighted by molar-refractivity contribution is 5.98. The molecule has 1 aromatic carbocycles. The predicted molar refractivity (Wildman–Crippen MR) is 90.4 cm³/mol. The number of nitrogens with zero attached hydrogens (tertiary/aromatic N) is 1. The lowest BCUT2D eigenvalue weighted by Crippen LogP contribution is -2.40. The van der Waals surface area contributed by atoms with Crippen LogP contribution in [0.4, 0.5) is 0 Å². The van der Waals surface area contributed by atoms with Crippen LogP contribution in [0, 0.1) is 25.2 Å². The van der Waals surface area contributed by atoms with Gasteiger partial charge in [-0.3, -0.25) is 20.4 Å². The normalized spacial score (nSPS) is 10.3. The van der Waals surface area contributed by atoms with Gasteiger partial charge in [0.2, 0.25) is 0 Å². The topological polar surface area (TPSA) is 104 Å². The van der Waals surface area contributed by atoms with E-state index in [0.29, 0.717) is 22.8 Å². The van der Waals surface area contributed by atoms with Gasteiger partial charge in [0.1, 0.15) is 23.3 Å². The first-order chi connectivity index (χ1) is 12.0. The quantitative estimate of drug-likeness (QED) is 0.642. The highest BCUT2D eigenvalue weighted by Gasteiger charge is 2.13. The molecule has 0 unspecified atom stereocenters. The van der Waals surface area contributed by atoms with Crippen LogP contribution in [0.2, 0.25) is 0 Å². The lowest BCUT2D eigenvalue weighted by molar-refractivity contribution is -0.117. The number of nitrogens with one attached hydrogen (secondary N) is 2. The van der Waals surface area contributed by atoms with Crippen LogP contribution in [0.1, 0.15) is 27.4 Å². The maximum atomic E-state index is 11.9. The maximum Gasteiger partial charge on any atom is 0.273 e. The average Bonchev–Trinajstić information content (AvgIpc) is 2.95. The van der Waals surface area contributed by atoms with Crippen molar-refractivity contribution in [3.8, 4) is 11.8 Å². The predicted octanol–water partition coefficient (Wildman–Crippen LogP) is 2.27. The van der Waals surface area contributed by atoms with E-state index in [2.05, 4.69) is 10.9 Å². The zero-order valence-electron chi connectivity index (χ0n) is 13.8. The van der Waals surface area contributed by atoms with E-state index in [4.69, 9.17) is 14.4 Å². The lowest BCUT2D eigenvalue weighted by Gasteiger charge is -2.04. The van der Waals surface area contributed by atoms with Gasteiger partial charge >= 0.3 is 0 Å². The molecule has 1 aromatic heterocycles. The van der Waals surface area contributed by atoms with E-state index >= 15 is 0 Å². The smallest absolute Gasteiger partial charge is 0.273 e. The van der Waals surface area contributed by atoms with Crippen molar-refractivity contribution < 1.29 is 18.7 Å². The largest absolute Gasteiger partial charge is 0.479 e. The summed E-state index contributed by atoms with van der Waals surface area (Å²) in [4.78, 5) is 23.7. The molecule has 0 aliphatic heterocycles. The third-order valence-corrected chi connectivity index (χ3v) is 3.20. The second-order valence-electron chi connectivity index (χ2n) is 5.12. The van der Waals surface area contributed by atoms with Gasteiger partial charge in [-0.2, -0.15) is 5.26 Å². The number of benzene rings is 1. The Kier molecular flexibility index (Phi) is 5.96. The third-order valence-electron chi connectivity index (χ3n) is 3.20. The van der Waals surface area contributed by atoms with E-state index in [0.717, 1.165) is 5.56 Å². The lowest BCUT2D eigenvalue weighted by atomic mass is 10.2. The zero-order chi connectivity index (χ0) is 18.2. The molecule has 0 bridgehead atoms. The van der Waals surface area contributed by atoms with Crippen LogP contribution in [-0.2, 0) is 4.79 Å². The molecule has 2 aromatic rings. The monoisotopic (exact) mass is 339 g/mol. The molecule has 0 saturated heterocycles. The highest BCUT2D eigenvalue weighted by Crippen LogP contribution is 2.13. The molecule has 0 saturated carbocycles. The number of hydrogen-bond acceptors (Lipinski definition) is 5. The van der Waals surface area contributed by atoms with Crippen molar-refractivity contribution in [2.75, 3.05) is 6.61 Å². The summed E-state index contributed by atoms with van der Waals surface area (Å²) < 4.78 is 10.4. The van der Waals surface area contributed by atoms with Gasteiger partial charge in [-0.05, 0) is 43.7 Å². The number of carbonyl (C=O) groups is 2. The second-order valence-corrected chi connectivity index (χ2v) is 5.12. The molecule has 1 heterocycles. The van der Waals surface area contributed by atoms with E-state index in [1.807, 2.05) is 6.07 Å². The first kappa shape index (κ1) is 17.8. The molecule has 0 aliphatic rings. The number of hydrazine groups is 1. The molecule has 0 fully saturated rings. The standard InChI is InChI=1S/C18H17N3O4/c1-12-11-16(13(2)25-12)18(23)21-20-17(22)8-5-14-3-6-15(7-4-14)24-10-9-19/h3-8,11H,10H2,1-2H3,(H,20,22)(H,21,23)/b8-5+. The minimum atomic E-state index is -0.476. The van der Waals surface area contributed by atoms with Gasteiger partial charge in [0.05, 0.1) is 5.56 Å². The Bertz CT molecular complexity index is 829. The number of nitriles is 1. The molecular weight excluding hydrogens is 322 g/mol. The summed E-state index contributed by atoms with van der Waals surface area (Å²) in [6.07, 6.45) is 2.88. The fourth-order valence-corrected chi connectivity index (χ4v) is 2.05. The Hall–Kier alpha value is -3.53. The first-order valence-corrected chi connectivity index (χ1v) is 7.45. The van der Waals surface area contributed by atoms with Crippen LogP contribution in [0.25, 0.3) is 6.08 Å². The molecule has 2 amide bonds. The van der Waals surface area contributed by atoms with Crippen molar-refractivity contribution in [2.24, 2.45) is 0 Å². The molecule has 0 aliphatic carbocycles. The van der Waals surface area contributed by atoms with E-state index in [1.165, 1.54) is 6.08 Å². The third kappa shape index (κ3) is 5.25. The average molecular weight is 339 g/mol. The van der Waals surface area contributed by atoms with Gasteiger partial charge in [0, 0.05) is 6.08 Å². The summed E-state index contributed by atoms with van der Waals surface area (Å²) in [7, 11) is 0. The molecule has 2 N–H and O–H groups in total. The Morgan fingerprint density at radius 1 is 1.24 bits per heavy atom. The number of aryl methyl sites for hydroxylation is 2. The van der Waals surface area contributed by atoms with Crippen molar-refractivity contribution >= 4 is 17.9 Å². The zero-order valence-corrected chi connectivity index (χ0v) is 13.8. The van der Waals surface area contributed by atoms with Gasteiger partial charge in [0.15, 0.2) is 6.61 Å². The summed E-state index contributed by atoms with van der Waals surface area (Å²) in [5.74, 6) is 0.752. The van der Waals surface area contributed by atoms with Gasteiger partial charge in [-0.15, -0.1) is 0 Å². The molecule has 0 radical (unpaired) electrons. The molecule has 2 rings (SSSR count). The number of amides is 2. The second kappa shape index (κ2) is 8.36. The van der Waals surface area contributed by atoms with Crippen molar-refractivity contribution in [3.63, 3.8) is 0 Å². The van der Waals surface area contributed by atoms with Gasteiger partial charge in [-0.1, -0.05) is 12.1 Å². The van der Waals surface area contributed by atoms with Crippen molar-refractivity contribution in [3.05, 3.63) is 59.1 Å². The van der Waals surface area contributed by atoms with E-state index in [1.54, 1.807) is 50.3 Å². The Labute approximate surface area is 144 Å². The van der Waals surface area contributed by atoms with Gasteiger partial charge in [-0.25, -0.2) is 0 Å². The fraction of sp³-hybridized carbons (Fsp3) is 0.167. The molecule has 0 atom stereocenters. The summed E-state index contributed by atoms with van der Waals surface area (Å²) >= 11 is 0. The summed E-state index contributed by atoms with van der Waals surface area (Å²) in [6.45, 7) is 3.39. The number of hydrogen-bond donors (Lipinski definition) is 2. The van der Waals surface area contributed by atoms with Crippen molar-refractivity contribution in [2.45, 2.75) is 13.8 Å². The van der Waals surface area contributed by atoms with Gasteiger partial charge in [0.25, 0.3) is 11.8 Å². The Morgan fingerprint density at radius 3 is 2.56 bits per heavy atom. The number of carbonyl (C=O) groups excluding carboxylic acids is 2. The summed E-state index contributed by atoms with van der Waals surface area (Å²) in [5.41, 5.74) is 5.76. The maximum absolute atomic E-state index is 11.9. The molecule has 128 valence electrons.